The van der Waals surface area contributed by atoms with Gasteiger partial charge in [-0.05, 0) is 29.8 Å². The number of amides is 2. The van der Waals surface area contributed by atoms with E-state index < -0.39 is 12.0 Å². The average Bonchev–Trinajstić information content (AvgIpc) is 3.27. The smallest absolute Gasteiger partial charge is 0.259 e. The van der Waals surface area contributed by atoms with Gasteiger partial charge in [0.1, 0.15) is 12.0 Å². The second kappa shape index (κ2) is 6.46. The molecule has 5 nitrogen and oxygen atoms in total. The van der Waals surface area contributed by atoms with Gasteiger partial charge in [0.25, 0.3) is 5.91 Å². The molecule has 2 atom stereocenters. The number of nitrogens with zero attached hydrogens (tertiary/aromatic N) is 3. The summed E-state index contributed by atoms with van der Waals surface area (Å²) >= 11 is 0. The van der Waals surface area contributed by atoms with Crippen molar-refractivity contribution in [1.29, 1.82) is 0 Å². The fourth-order valence-electron chi connectivity index (χ4n) is 3.89. The van der Waals surface area contributed by atoms with Crippen molar-refractivity contribution in [2.75, 3.05) is 9.91 Å². The van der Waals surface area contributed by atoms with Crippen LogP contribution in [-0.2, 0) is 9.59 Å². The Morgan fingerprint density at radius 1 is 0.643 bits per heavy atom. The molecule has 3 aromatic carbocycles. The number of hydrazone groups is 1. The predicted octanol–water partition coefficient (Wildman–Crippen LogP) is 3.47. The molecule has 136 valence electrons. The zero-order valence-electron chi connectivity index (χ0n) is 15.0. The van der Waals surface area contributed by atoms with Crippen LogP contribution in [0.4, 0.5) is 11.4 Å². The van der Waals surface area contributed by atoms with E-state index in [2.05, 4.69) is 0 Å². The SMILES string of the molecule is O=C1[C@H]2C(c3ccccc3)=NN(c3ccccc3)[C@H]2C(=O)N1c1ccccc1. The van der Waals surface area contributed by atoms with Gasteiger partial charge in [0.15, 0.2) is 0 Å². The lowest BCUT2D eigenvalue weighted by molar-refractivity contribution is -0.121. The maximum atomic E-state index is 13.4. The molecule has 28 heavy (non-hydrogen) atoms. The second-order valence-electron chi connectivity index (χ2n) is 6.80. The summed E-state index contributed by atoms with van der Waals surface area (Å²) < 4.78 is 0. The zero-order chi connectivity index (χ0) is 19.1. The van der Waals surface area contributed by atoms with Crippen molar-refractivity contribution < 1.29 is 9.59 Å². The van der Waals surface area contributed by atoms with Crippen LogP contribution in [0.5, 0.6) is 0 Å². The Morgan fingerprint density at radius 3 is 1.79 bits per heavy atom. The van der Waals surface area contributed by atoms with Crippen molar-refractivity contribution in [3.63, 3.8) is 0 Å². The van der Waals surface area contributed by atoms with Crippen LogP contribution in [0, 0.1) is 5.92 Å². The summed E-state index contributed by atoms with van der Waals surface area (Å²) in [7, 11) is 0. The van der Waals surface area contributed by atoms with E-state index >= 15 is 0 Å². The van der Waals surface area contributed by atoms with E-state index in [0.29, 0.717) is 11.4 Å². The van der Waals surface area contributed by atoms with Crippen LogP contribution >= 0.6 is 0 Å². The number of carbonyl (C=O) groups excluding carboxylic acids is 2. The van der Waals surface area contributed by atoms with Gasteiger partial charge in [-0.2, -0.15) is 5.10 Å². The molecule has 1 saturated heterocycles. The number of fused-ring (bicyclic) bond motifs is 1. The van der Waals surface area contributed by atoms with E-state index in [1.807, 2.05) is 78.9 Å². The van der Waals surface area contributed by atoms with E-state index in [4.69, 9.17) is 5.10 Å². The molecule has 0 saturated carbocycles. The molecule has 2 aliphatic heterocycles. The first-order valence-electron chi connectivity index (χ1n) is 9.17. The fourth-order valence-corrected chi connectivity index (χ4v) is 3.89. The normalized spacial score (nSPS) is 21.1. The number of carbonyl (C=O) groups is 2. The summed E-state index contributed by atoms with van der Waals surface area (Å²) in [5, 5.41) is 6.41. The summed E-state index contributed by atoms with van der Waals surface area (Å²) in [6.45, 7) is 0. The topological polar surface area (TPSA) is 53.0 Å². The van der Waals surface area contributed by atoms with Gasteiger partial charge in [-0.15, -0.1) is 0 Å². The Morgan fingerprint density at radius 2 is 1.18 bits per heavy atom. The minimum absolute atomic E-state index is 0.234. The summed E-state index contributed by atoms with van der Waals surface area (Å²) in [6, 6.07) is 27.5. The molecular weight excluding hydrogens is 350 g/mol. The van der Waals surface area contributed by atoms with E-state index in [-0.39, 0.29) is 11.8 Å². The molecule has 0 N–H and O–H groups in total. The maximum Gasteiger partial charge on any atom is 0.259 e. The summed E-state index contributed by atoms with van der Waals surface area (Å²) in [5.41, 5.74) is 2.87. The van der Waals surface area contributed by atoms with E-state index in [9.17, 15) is 9.59 Å². The quantitative estimate of drug-likeness (QED) is 0.666. The van der Waals surface area contributed by atoms with Crippen molar-refractivity contribution in [2.45, 2.75) is 6.04 Å². The molecule has 5 heteroatoms. The molecule has 2 aliphatic rings. The Hall–Kier alpha value is -3.73. The predicted molar refractivity (Wildman–Crippen MR) is 108 cm³/mol. The number of benzene rings is 3. The molecule has 0 spiro atoms. The van der Waals surface area contributed by atoms with Crippen molar-refractivity contribution >= 4 is 28.9 Å². The molecule has 3 aromatic rings. The molecule has 0 aliphatic carbocycles. The third-order valence-electron chi connectivity index (χ3n) is 5.15. The number of hydrogen-bond acceptors (Lipinski definition) is 4. The van der Waals surface area contributed by atoms with Crippen LogP contribution in [0.3, 0.4) is 0 Å². The second-order valence-corrected chi connectivity index (χ2v) is 6.80. The third kappa shape index (κ3) is 2.44. The molecule has 0 radical (unpaired) electrons. The minimum atomic E-state index is -0.676. The lowest BCUT2D eigenvalue weighted by Crippen LogP contribution is -2.39. The lowest BCUT2D eigenvalue weighted by atomic mass is 9.93. The molecule has 5 rings (SSSR count). The summed E-state index contributed by atoms with van der Waals surface area (Å²) in [6.07, 6.45) is 0. The van der Waals surface area contributed by atoms with Crippen molar-refractivity contribution in [3.05, 3.63) is 96.6 Å². The van der Waals surface area contributed by atoms with Crippen molar-refractivity contribution in [2.24, 2.45) is 11.0 Å². The molecule has 2 amide bonds. The first kappa shape index (κ1) is 16.4. The average molecular weight is 367 g/mol. The van der Waals surface area contributed by atoms with Crippen LogP contribution in [0.2, 0.25) is 0 Å². The number of rotatable bonds is 3. The third-order valence-corrected chi connectivity index (χ3v) is 5.15. The number of hydrogen-bond donors (Lipinski definition) is 0. The van der Waals surface area contributed by atoms with Crippen molar-refractivity contribution in [3.8, 4) is 0 Å². The number of para-hydroxylation sites is 2. The van der Waals surface area contributed by atoms with Gasteiger partial charge in [0.05, 0.1) is 17.1 Å². The van der Waals surface area contributed by atoms with E-state index in [0.717, 1.165) is 11.3 Å². The highest BCUT2D eigenvalue weighted by Gasteiger charge is 2.57. The Labute approximate surface area is 162 Å². The largest absolute Gasteiger partial charge is 0.273 e. The first-order valence-corrected chi connectivity index (χ1v) is 9.17. The Kier molecular flexibility index (Phi) is 3.79. The Balaban J connectivity index is 1.64. The molecule has 1 fully saturated rings. The van der Waals surface area contributed by atoms with Gasteiger partial charge in [0, 0.05) is 0 Å². The maximum absolute atomic E-state index is 13.4. The van der Waals surface area contributed by atoms with Crippen LogP contribution in [0.1, 0.15) is 5.56 Å². The number of imide groups is 1. The molecule has 2 heterocycles. The van der Waals surface area contributed by atoms with Crippen LogP contribution in [0.15, 0.2) is 96.1 Å². The molecular formula is C23H17N3O2. The fraction of sp³-hybridized carbons (Fsp3) is 0.0870. The van der Waals surface area contributed by atoms with Gasteiger partial charge in [-0.3, -0.25) is 14.6 Å². The Bertz CT molecular complexity index is 1060. The van der Waals surface area contributed by atoms with Gasteiger partial charge in [0.2, 0.25) is 5.91 Å². The number of anilines is 2. The highest BCUT2D eigenvalue weighted by molar-refractivity contribution is 6.34. The minimum Gasteiger partial charge on any atom is -0.273 e. The zero-order valence-corrected chi connectivity index (χ0v) is 15.0. The first-order chi connectivity index (χ1) is 13.8. The molecule has 0 aromatic heterocycles. The van der Waals surface area contributed by atoms with E-state index in [1.165, 1.54) is 4.90 Å². The van der Waals surface area contributed by atoms with Gasteiger partial charge in [-0.1, -0.05) is 66.7 Å². The van der Waals surface area contributed by atoms with Crippen LogP contribution < -0.4 is 9.91 Å². The highest BCUT2D eigenvalue weighted by Crippen LogP contribution is 2.39. The van der Waals surface area contributed by atoms with Gasteiger partial charge < -0.3 is 0 Å². The van der Waals surface area contributed by atoms with Gasteiger partial charge >= 0.3 is 0 Å². The standard InChI is InChI=1S/C23H17N3O2/c27-22-19-20(16-10-4-1-5-11-16)24-26(18-14-8-3-9-15-18)21(19)23(28)25(22)17-12-6-2-7-13-17/h1-15,19,21H/t19-,21+/m0/s1. The lowest BCUT2D eigenvalue weighted by Gasteiger charge is -2.22. The van der Waals surface area contributed by atoms with Crippen LogP contribution in [0.25, 0.3) is 0 Å². The molecule has 0 bridgehead atoms. The monoisotopic (exact) mass is 367 g/mol. The highest BCUT2D eigenvalue weighted by atomic mass is 16.2. The van der Waals surface area contributed by atoms with Crippen molar-refractivity contribution in [1.82, 2.24) is 0 Å². The summed E-state index contributed by atoms with van der Waals surface area (Å²) in [5.74, 6) is -1.11. The summed E-state index contributed by atoms with van der Waals surface area (Å²) in [4.78, 5) is 28.0. The van der Waals surface area contributed by atoms with Crippen LogP contribution in [-0.4, -0.2) is 23.6 Å². The van der Waals surface area contributed by atoms with Gasteiger partial charge in [-0.25, -0.2) is 4.90 Å². The molecule has 0 unspecified atom stereocenters. The van der Waals surface area contributed by atoms with E-state index in [1.54, 1.807) is 17.1 Å².